The fourth-order valence-corrected chi connectivity index (χ4v) is 11.6. The second-order valence-electron chi connectivity index (χ2n) is 13.4. The molecule has 0 aliphatic carbocycles. The van der Waals surface area contributed by atoms with Crippen LogP contribution in [0.3, 0.4) is 0 Å². The zero-order valence-corrected chi connectivity index (χ0v) is 29.9. The van der Waals surface area contributed by atoms with Crippen molar-refractivity contribution in [3.63, 3.8) is 0 Å². The molecule has 0 aliphatic heterocycles. The Morgan fingerprint density at radius 3 is 1.23 bits per heavy atom. The molecule has 0 aliphatic rings. The lowest BCUT2D eigenvalue weighted by Crippen LogP contribution is -2.20. The minimum Gasteiger partial charge on any atom is -0.309 e. The van der Waals surface area contributed by atoms with Gasteiger partial charge in [0, 0.05) is 53.1 Å². The minimum atomic E-state index is -0.708. The van der Waals surface area contributed by atoms with Crippen LogP contribution in [0.2, 0.25) is 0 Å². The summed E-state index contributed by atoms with van der Waals surface area (Å²) in [6, 6.07) is 69.5. The maximum atomic E-state index is 2.46. The molecule has 52 heavy (non-hydrogen) atoms. The van der Waals surface area contributed by atoms with Crippen LogP contribution in [-0.4, -0.2) is 9.13 Å². The molecular weight excluding hydrogens is 668 g/mol. The molecule has 0 N–H and O–H groups in total. The summed E-state index contributed by atoms with van der Waals surface area (Å²) in [5, 5.41) is 11.8. The summed E-state index contributed by atoms with van der Waals surface area (Å²) in [4.78, 5) is 0. The molecule has 0 spiro atoms. The quantitative estimate of drug-likeness (QED) is 0.158. The lowest BCUT2D eigenvalue weighted by atomic mass is 10.1. The molecule has 0 bridgehead atoms. The van der Waals surface area contributed by atoms with Crippen molar-refractivity contribution >= 4 is 99.0 Å². The van der Waals surface area contributed by atoms with Crippen molar-refractivity contribution in [1.29, 1.82) is 0 Å². The van der Waals surface area contributed by atoms with Crippen molar-refractivity contribution in [2.75, 3.05) is 0 Å². The molecule has 3 heterocycles. The summed E-state index contributed by atoms with van der Waals surface area (Å²) in [5.74, 6) is 0. The number of aromatic nitrogens is 2. The van der Waals surface area contributed by atoms with E-state index in [9.17, 15) is 0 Å². The van der Waals surface area contributed by atoms with Crippen LogP contribution in [0.1, 0.15) is 0 Å². The molecule has 11 aromatic rings. The number of hydrogen-bond donors (Lipinski definition) is 0. The number of benzene rings is 8. The highest BCUT2D eigenvalue weighted by molar-refractivity contribution is 7.79. The molecule has 0 fully saturated rings. The van der Waals surface area contributed by atoms with Crippen LogP contribution in [0.4, 0.5) is 0 Å². The van der Waals surface area contributed by atoms with Gasteiger partial charge in [0.1, 0.15) is 0 Å². The van der Waals surface area contributed by atoms with Crippen molar-refractivity contribution in [3.05, 3.63) is 188 Å². The third-order valence-electron chi connectivity index (χ3n) is 10.5. The van der Waals surface area contributed by atoms with Gasteiger partial charge in [0.15, 0.2) is 0 Å². The number of thiophene rings is 1. The van der Waals surface area contributed by atoms with Gasteiger partial charge in [-0.2, -0.15) is 0 Å². The van der Waals surface area contributed by atoms with E-state index in [4.69, 9.17) is 0 Å². The molecule has 4 heteroatoms. The Labute approximate surface area is 306 Å². The van der Waals surface area contributed by atoms with E-state index in [1.165, 1.54) is 91.1 Å². The first-order chi connectivity index (χ1) is 25.8. The summed E-state index contributed by atoms with van der Waals surface area (Å²) in [5.41, 5.74) is 7.29. The lowest BCUT2D eigenvalue weighted by molar-refractivity contribution is 1.18. The van der Waals surface area contributed by atoms with Gasteiger partial charge >= 0.3 is 0 Å². The Morgan fingerprint density at radius 1 is 0.308 bits per heavy atom. The smallest absolute Gasteiger partial charge is 0.0541 e. The molecule has 0 amide bonds. The predicted molar refractivity (Wildman–Crippen MR) is 227 cm³/mol. The number of nitrogens with zero attached hydrogens (tertiary/aromatic N) is 2. The van der Waals surface area contributed by atoms with Crippen molar-refractivity contribution in [2.45, 2.75) is 0 Å². The predicted octanol–water partition coefficient (Wildman–Crippen LogP) is 12.0. The van der Waals surface area contributed by atoms with Crippen LogP contribution in [0.15, 0.2) is 188 Å². The number of fused-ring (bicyclic) bond motifs is 9. The van der Waals surface area contributed by atoms with Crippen molar-refractivity contribution < 1.29 is 0 Å². The highest BCUT2D eigenvalue weighted by Crippen LogP contribution is 2.41. The highest BCUT2D eigenvalue weighted by atomic mass is 32.1. The topological polar surface area (TPSA) is 9.86 Å². The van der Waals surface area contributed by atoms with E-state index in [2.05, 4.69) is 197 Å². The maximum absolute atomic E-state index is 2.46. The SMILES string of the molecule is c1ccc(P(c2ccccc2)c2ccc3c(c2)c2ccccc2n3-c2ccc3sc4ccc(-n5c6ccccc6c6ccccc65)cc4c3c2)cc1. The normalized spacial score (nSPS) is 12.0. The van der Waals surface area contributed by atoms with E-state index in [0.717, 1.165) is 0 Å². The largest absolute Gasteiger partial charge is 0.309 e. The van der Waals surface area contributed by atoms with E-state index in [1.807, 2.05) is 11.3 Å². The van der Waals surface area contributed by atoms with Crippen molar-refractivity contribution in [1.82, 2.24) is 9.13 Å². The van der Waals surface area contributed by atoms with Gasteiger partial charge in [-0.05, 0) is 90.6 Å². The fourth-order valence-electron chi connectivity index (χ4n) is 8.21. The van der Waals surface area contributed by atoms with Gasteiger partial charge < -0.3 is 9.13 Å². The molecule has 0 saturated carbocycles. The zero-order chi connectivity index (χ0) is 34.2. The van der Waals surface area contributed by atoms with Crippen LogP contribution in [-0.2, 0) is 0 Å². The Hall–Kier alpha value is -5.99. The van der Waals surface area contributed by atoms with Crippen LogP contribution in [0.5, 0.6) is 0 Å². The van der Waals surface area contributed by atoms with Gasteiger partial charge in [0.25, 0.3) is 0 Å². The summed E-state index contributed by atoms with van der Waals surface area (Å²) in [6.07, 6.45) is 0. The number of rotatable bonds is 5. The zero-order valence-electron chi connectivity index (χ0n) is 28.1. The summed E-state index contributed by atoms with van der Waals surface area (Å²) >= 11 is 1.87. The first kappa shape index (κ1) is 29.7. The first-order valence-corrected chi connectivity index (χ1v) is 19.8. The van der Waals surface area contributed by atoms with E-state index >= 15 is 0 Å². The average Bonchev–Trinajstić information content (AvgIpc) is 3.86. The van der Waals surface area contributed by atoms with Gasteiger partial charge in [-0.15, -0.1) is 11.3 Å². The minimum absolute atomic E-state index is 0.708. The van der Waals surface area contributed by atoms with Gasteiger partial charge in [0.05, 0.1) is 22.1 Å². The average molecular weight is 699 g/mol. The van der Waals surface area contributed by atoms with E-state index < -0.39 is 7.92 Å². The van der Waals surface area contributed by atoms with Gasteiger partial charge in [-0.1, -0.05) is 121 Å². The number of para-hydroxylation sites is 3. The summed E-state index contributed by atoms with van der Waals surface area (Å²) < 4.78 is 7.49. The molecule has 2 nitrogen and oxygen atoms in total. The van der Waals surface area contributed by atoms with E-state index in [-0.39, 0.29) is 0 Å². The van der Waals surface area contributed by atoms with Crippen LogP contribution < -0.4 is 15.9 Å². The third-order valence-corrected chi connectivity index (χ3v) is 14.1. The first-order valence-electron chi connectivity index (χ1n) is 17.7. The molecule has 0 saturated heterocycles. The van der Waals surface area contributed by atoms with E-state index in [0.29, 0.717) is 0 Å². The maximum Gasteiger partial charge on any atom is 0.0541 e. The van der Waals surface area contributed by atoms with Gasteiger partial charge in [-0.3, -0.25) is 0 Å². The Kier molecular flexibility index (Phi) is 6.73. The standard InChI is InChI=1S/C48H31N2PS/c1-3-13-34(14-4-1)51(35-15-5-2-6-16-35)36-25-26-46-40(31-36)39-19-9-12-22-45(39)50(46)33-24-28-48-42(30-33)41-29-32(23-27-47(41)52-48)49-43-20-10-7-17-37(43)38-18-8-11-21-44(38)49/h1-31H. The molecule has 11 rings (SSSR count). The summed E-state index contributed by atoms with van der Waals surface area (Å²) in [6.45, 7) is 0. The Balaban J connectivity index is 1.10. The molecule has 8 aromatic carbocycles. The Bertz CT molecular complexity index is 3040. The van der Waals surface area contributed by atoms with Gasteiger partial charge in [-0.25, -0.2) is 0 Å². The summed E-state index contributed by atoms with van der Waals surface area (Å²) in [7, 11) is -0.708. The molecule has 244 valence electrons. The molecule has 0 unspecified atom stereocenters. The molecule has 0 atom stereocenters. The Morgan fingerprint density at radius 2 is 0.731 bits per heavy atom. The van der Waals surface area contributed by atoms with Crippen LogP contribution >= 0.6 is 19.3 Å². The second-order valence-corrected chi connectivity index (χ2v) is 16.7. The second kappa shape index (κ2) is 11.8. The van der Waals surface area contributed by atoms with E-state index in [1.54, 1.807) is 0 Å². The van der Waals surface area contributed by atoms with Gasteiger partial charge in [0.2, 0.25) is 0 Å². The lowest BCUT2D eigenvalue weighted by Gasteiger charge is -2.19. The van der Waals surface area contributed by atoms with Crippen molar-refractivity contribution in [3.8, 4) is 11.4 Å². The monoisotopic (exact) mass is 698 g/mol. The highest BCUT2D eigenvalue weighted by Gasteiger charge is 2.20. The molecule has 3 aromatic heterocycles. The fraction of sp³-hybridized carbons (Fsp3) is 0. The number of hydrogen-bond acceptors (Lipinski definition) is 1. The third kappa shape index (κ3) is 4.53. The molecular formula is C48H31N2PS. The van der Waals surface area contributed by atoms with Crippen LogP contribution in [0, 0.1) is 0 Å². The van der Waals surface area contributed by atoms with Crippen molar-refractivity contribution in [2.24, 2.45) is 0 Å². The molecule has 0 radical (unpaired) electrons. The van der Waals surface area contributed by atoms with Crippen LogP contribution in [0.25, 0.3) is 75.2 Å².